The molecule has 0 N–H and O–H groups in total. The molecule has 1 aliphatic carbocycles. The second-order valence-corrected chi connectivity index (χ2v) is 3.39. The Balaban J connectivity index is 2.41. The molecule has 70 valence electrons. The van der Waals surface area contributed by atoms with Crippen LogP contribution < -0.4 is 0 Å². The van der Waals surface area contributed by atoms with Crippen molar-refractivity contribution in [1.29, 1.82) is 0 Å². The van der Waals surface area contributed by atoms with Gasteiger partial charge in [0.05, 0.1) is 0 Å². The maximum absolute atomic E-state index is 11.0. The van der Waals surface area contributed by atoms with Gasteiger partial charge in [0.25, 0.3) is 0 Å². The number of ketones is 1. The predicted octanol–water partition coefficient (Wildman–Crippen LogP) is 2.86. The fourth-order valence-electron chi connectivity index (χ4n) is 1.33. The molecule has 0 heterocycles. The third-order valence-electron chi connectivity index (χ3n) is 2.11. The van der Waals surface area contributed by atoms with Gasteiger partial charge in [-0.3, -0.25) is 4.79 Å². The molecule has 0 unspecified atom stereocenters. The van der Waals surface area contributed by atoms with Crippen LogP contribution >= 0.6 is 0 Å². The first kappa shape index (κ1) is 10.1. The summed E-state index contributed by atoms with van der Waals surface area (Å²) in [4.78, 5) is 11.0. The van der Waals surface area contributed by atoms with Crippen molar-refractivity contribution >= 4 is 5.78 Å². The lowest BCUT2D eigenvalue weighted by atomic mass is 9.99. The highest BCUT2D eigenvalue weighted by Gasteiger charge is 2.06. The van der Waals surface area contributed by atoms with Gasteiger partial charge in [0.15, 0.2) is 5.78 Å². The van der Waals surface area contributed by atoms with Crippen LogP contribution in [0.3, 0.4) is 0 Å². The van der Waals surface area contributed by atoms with Gasteiger partial charge in [-0.2, -0.15) is 0 Å². The fourth-order valence-corrected chi connectivity index (χ4v) is 1.33. The Hall–Kier alpha value is -1.03. The van der Waals surface area contributed by atoms with Crippen molar-refractivity contribution in [2.45, 2.75) is 45.4 Å². The largest absolute Gasteiger partial charge is 0.295 e. The quantitative estimate of drug-likeness (QED) is 0.467. The summed E-state index contributed by atoms with van der Waals surface area (Å²) in [6.45, 7) is 2.16. The maximum Gasteiger partial charge on any atom is 0.156 e. The van der Waals surface area contributed by atoms with Gasteiger partial charge in [-0.05, 0) is 25.3 Å². The van der Waals surface area contributed by atoms with E-state index in [4.69, 9.17) is 0 Å². The first-order valence-electron chi connectivity index (χ1n) is 5.05. The van der Waals surface area contributed by atoms with Crippen molar-refractivity contribution in [3.8, 4) is 11.8 Å². The van der Waals surface area contributed by atoms with Gasteiger partial charge in [0, 0.05) is 18.4 Å². The summed E-state index contributed by atoms with van der Waals surface area (Å²) in [6, 6.07) is 0. The zero-order valence-corrected chi connectivity index (χ0v) is 8.23. The summed E-state index contributed by atoms with van der Waals surface area (Å²) < 4.78 is 0. The smallest absolute Gasteiger partial charge is 0.156 e. The predicted molar refractivity (Wildman–Crippen MR) is 54.2 cm³/mol. The summed E-state index contributed by atoms with van der Waals surface area (Å²) in [5, 5.41) is 0. The molecule has 0 fully saturated rings. The van der Waals surface area contributed by atoms with Gasteiger partial charge in [-0.1, -0.05) is 25.2 Å². The lowest BCUT2D eigenvalue weighted by molar-refractivity contribution is -0.115. The molecule has 1 nitrogen and oxygen atoms in total. The standard InChI is InChI=1S/C12H16O/c1-2-3-4-5-7-11-8-6-9-12(13)10-11/h10H,2-4,6,8-9H2,1H3. The number of carbonyl (C=O) groups excluding carboxylic acids is 1. The van der Waals surface area contributed by atoms with E-state index >= 15 is 0 Å². The lowest BCUT2D eigenvalue weighted by Gasteiger charge is -2.04. The monoisotopic (exact) mass is 176 g/mol. The minimum atomic E-state index is 0.242. The number of allylic oxidation sites excluding steroid dienone is 2. The summed E-state index contributed by atoms with van der Waals surface area (Å²) in [5.41, 5.74) is 1.03. The van der Waals surface area contributed by atoms with E-state index in [9.17, 15) is 4.79 Å². The zero-order valence-electron chi connectivity index (χ0n) is 8.23. The highest BCUT2D eigenvalue weighted by atomic mass is 16.1. The number of unbranched alkanes of at least 4 members (excludes halogenated alkanes) is 2. The first-order valence-corrected chi connectivity index (χ1v) is 5.05. The Morgan fingerprint density at radius 2 is 2.31 bits per heavy atom. The van der Waals surface area contributed by atoms with E-state index in [1.807, 2.05) is 0 Å². The SMILES string of the molecule is CCCCC#CC1=CC(=O)CCC1. The van der Waals surface area contributed by atoms with Crippen molar-refractivity contribution in [2.24, 2.45) is 0 Å². The zero-order chi connectivity index (χ0) is 9.52. The molecule has 1 aliphatic rings. The van der Waals surface area contributed by atoms with Crippen LogP contribution in [0.15, 0.2) is 11.6 Å². The third kappa shape index (κ3) is 3.94. The molecule has 0 aromatic heterocycles. The van der Waals surface area contributed by atoms with E-state index in [1.54, 1.807) is 6.08 Å². The number of hydrogen-bond acceptors (Lipinski definition) is 1. The molecule has 0 atom stereocenters. The topological polar surface area (TPSA) is 17.1 Å². The van der Waals surface area contributed by atoms with Crippen LogP contribution in [0, 0.1) is 11.8 Å². The van der Waals surface area contributed by atoms with Gasteiger partial charge in [0.1, 0.15) is 0 Å². The Morgan fingerprint density at radius 1 is 1.46 bits per heavy atom. The average Bonchev–Trinajstić information content (AvgIpc) is 2.13. The first-order chi connectivity index (χ1) is 6.33. The van der Waals surface area contributed by atoms with Gasteiger partial charge < -0.3 is 0 Å². The molecule has 0 saturated carbocycles. The molecule has 1 heteroatoms. The molecule has 0 spiro atoms. The second-order valence-electron chi connectivity index (χ2n) is 3.39. The number of carbonyl (C=O) groups is 1. The van der Waals surface area contributed by atoms with Crippen LogP contribution in [0.5, 0.6) is 0 Å². The molecule has 0 aromatic rings. The summed E-state index contributed by atoms with van der Waals surface area (Å²) in [7, 11) is 0. The van der Waals surface area contributed by atoms with Gasteiger partial charge in [-0.15, -0.1) is 0 Å². The summed E-state index contributed by atoms with van der Waals surface area (Å²) >= 11 is 0. The van der Waals surface area contributed by atoms with Crippen LogP contribution in [0.1, 0.15) is 45.4 Å². The molecular formula is C12H16O. The minimum absolute atomic E-state index is 0.242. The van der Waals surface area contributed by atoms with Crippen molar-refractivity contribution in [3.63, 3.8) is 0 Å². The number of rotatable bonds is 2. The van der Waals surface area contributed by atoms with Crippen LogP contribution in [0.4, 0.5) is 0 Å². The molecule has 0 amide bonds. The van der Waals surface area contributed by atoms with Crippen LogP contribution in [0.25, 0.3) is 0 Å². The van der Waals surface area contributed by atoms with Crippen LogP contribution in [0.2, 0.25) is 0 Å². The molecule has 0 aliphatic heterocycles. The summed E-state index contributed by atoms with van der Waals surface area (Å²) in [6.07, 6.45) is 7.70. The van der Waals surface area contributed by atoms with E-state index in [0.717, 1.165) is 31.3 Å². The van der Waals surface area contributed by atoms with Crippen molar-refractivity contribution in [2.75, 3.05) is 0 Å². The van der Waals surface area contributed by atoms with E-state index in [1.165, 1.54) is 6.42 Å². The summed E-state index contributed by atoms with van der Waals surface area (Å²) in [5.74, 6) is 6.42. The molecule has 0 radical (unpaired) electrons. The fraction of sp³-hybridized carbons (Fsp3) is 0.583. The van der Waals surface area contributed by atoms with Gasteiger partial charge >= 0.3 is 0 Å². The van der Waals surface area contributed by atoms with Crippen molar-refractivity contribution in [3.05, 3.63) is 11.6 Å². The van der Waals surface area contributed by atoms with Crippen LogP contribution in [-0.4, -0.2) is 5.78 Å². The molecule has 1 rings (SSSR count). The van der Waals surface area contributed by atoms with E-state index < -0.39 is 0 Å². The average molecular weight is 176 g/mol. The van der Waals surface area contributed by atoms with Crippen molar-refractivity contribution < 1.29 is 4.79 Å². The third-order valence-corrected chi connectivity index (χ3v) is 2.11. The number of hydrogen-bond donors (Lipinski definition) is 0. The van der Waals surface area contributed by atoms with E-state index in [-0.39, 0.29) is 5.78 Å². The molecule has 0 saturated heterocycles. The highest BCUT2D eigenvalue weighted by molar-refractivity contribution is 5.91. The van der Waals surface area contributed by atoms with Gasteiger partial charge in [-0.25, -0.2) is 0 Å². The van der Waals surface area contributed by atoms with Crippen LogP contribution in [-0.2, 0) is 4.79 Å². The molecule has 13 heavy (non-hydrogen) atoms. The Kier molecular flexibility index (Phi) is 4.32. The van der Waals surface area contributed by atoms with Crippen molar-refractivity contribution in [1.82, 2.24) is 0 Å². The second kappa shape index (κ2) is 5.59. The van der Waals surface area contributed by atoms with E-state index in [0.29, 0.717) is 6.42 Å². The Bertz CT molecular complexity index is 263. The minimum Gasteiger partial charge on any atom is -0.295 e. The Labute approximate surface area is 80.2 Å². The molecular weight excluding hydrogens is 160 g/mol. The maximum atomic E-state index is 11.0. The highest BCUT2D eigenvalue weighted by Crippen LogP contribution is 2.13. The normalized spacial score (nSPS) is 16.1. The lowest BCUT2D eigenvalue weighted by Crippen LogP contribution is -2.01. The molecule has 0 aromatic carbocycles. The van der Waals surface area contributed by atoms with Gasteiger partial charge in [0.2, 0.25) is 0 Å². The van der Waals surface area contributed by atoms with E-state index in [2.05, 4.69) is 18.8 Å². The molecule has 0 bridgehead atoms. The Morgan fingerprint density at radius 3 is 3.00 bits per heavy atom.